The van der Waals surface area contributed by atoms with Crippen LogP contribution in [0.15, 0.2) is 30.5 Å². The Morgan fingerprint density at radius 1 is 1.32 bits per heavy atom. The highest BCUT2D eigenvalue weighted by Gasteiger charge is 2.31. The molecule has 1 heterocycles. The third-order valence-electron chi connectivity index (χ3n) is 3.39. The van der Waals surface area contributed by atoms with Gasteiger partial charge in [-0.2, -0.15) is 13.2 Å². The molecule has 12 heteroatoms. The number of pyridine rings is 1. The van der Waals surface area contributed by atoms with Crippen LogP contribution in [0.25, 0.3) is 0 Å². The summed E-state index contributed by atoms with van der Waals surface area (Å²) in [7, 11) is 0. The topological polar surface area (TPSA) is 111 Å². The number of anilines is 1. The number of nitro benzene ring substituents is 1. The molecule has 28 heavy (non-hydrogen) atoms. The van der Waals surface area contributed by atoms with E-state index in [4.69, 9.17) is 16.3 Å². The van der Waals surface area contributed by atoms with Gasteiger partial charge in [0.25, 0.3) is 11.6 Å². The normalized spacial score (nSPS) is 11.0. The average molecular weight is 418 g/mol. The first-order chi connectivity index (χ1) is 13.0. The van der Waals surface area contributed by atoms with Gasteiger partial charge in [-0.3, -0.25) is 14.9 Å². The summed E-state index contributed by atoms with van der Waals surface area (Å²) in [5, 5.41) is 12.4. The number of nitrogens with zero attached hydrogens (tertiary/aromatic N) is 2. The van der Waals surface area contributed by atoms with E-state index < -0.39 is 40.2 Å². The van der Waals surface area contributed by atoms with Gasteiger partial charge in [-0.05, 0) is 25.1 Å². The lowest BCUT2D eigenvalue weighted by Crippen LogP contribution is -2.22. The SMILES string of the molecule is Cc1cc(C(=O)OCC(=O)Nc2ncc(C(F)(F)F)cc2Cl)ccc1[N+](=O)[O-]. The van der Waals surface area contributed by atoms with Crippen LogP contribution < -0.4 is 5.32 Å². The number of hydrogen-bond donors (Lipinski definition) is 1. The summed E-state index contributed by atoms with van der Waals surface area (Å²) in [6.45, 7) is 0.661. The fraction of sp³-hybridized carbons (Fsp3) is 0.188. The summed E-state index contributed by atoms with van der Waals surface area (Å²) >= 11 is 5.66. The van der Waals surface area contributed by atoms with Crippen molar-refractivity contribution in [3.63, 3.8) is 0 Å². The van der Waals surface area contributed by atoms with Gasteiger partial charge < -0.3 is 10.1 Å². The Bertz CT molecular complexity index is 950. The van der Waals surface area contributed by atoms with Gasteiger partial charge in [0, 0.05) is 17.8 Å². The molecule has 2 aromatic rings. The predicted molar refractivity (Wildman–Crippen MR) is 91.0 cm³/mol. The van der Waals surface area contributed by atoms with Crippen LogP contribution in [0.2, 0.25) is 5.02 Å². The third-order valence-corrected chi connectivity index (χ3v) is 3.68. The van der Waals surface area contributed by atoms with E-state index in [1.54, 1.807) is 0 Å². The van der Waals surface area contributed by atoms with Crippen LogP contribution in [-0.2, 0) is 15.7 Å². The molecule has 1 amide bonds. The minimum atomic E-state index is -4.64. The van der Waals surface area contributed by atoms with E-state index in [2.05, 4.69) is 10.3 Å². The first-order valence-electron chi connectivity index (χ1n) is 7.44. The van der Waals surface area contributed by atoms with Crippen molar-refractivity contribution >= 4 is 35.0 Å². The van der Waals surface area contributed by atoms with Gasteiger partial charge in [0.2, 0.25) is 0 Å². The van der Waals surface area contributed by atoms with Crippen molar-refractivity contribution < 1.29 is 32.4 Å². The fourth-order valence-electron chi connectivity index (χ4n) is 2.05. The average Bonchev–Trinajstić information content (AvgIpc) is 2.60. The second-order valence-corrected chi connectivity index (χ2v) is 5.84. The van der Waals surface area contributed by atoms with E-state index in [1.807, 2.05) is 0 Å². The molecule has 2 rings (SSSR count). The Morgan fingerprint density at radius 3 is 2.54 bits per heavy atom. The van der Waals surface area contributed by atoms with Gasteiger partial charge in [0.05, 0.1) is 21.1 Å². The summed E-state index contributed by atoms with van der Waals surface area (Å²) < 4.78 is 42.4. The van der Waals surface area contributed by atoms with E-state index in [0.717, 1.165) is 6.07 Å². The second kappa shape index (κ2) is 8.21. The van der Waals surface area contributed by atoms with E-state index in [-0.39, 0.29) is 22.6 Å². The van der Waals surface area contributed by atoms with Crippen molar-refractivity contribution in [1.29, 1.82) is 0 Å². The molecule has 0 aliphatic carbocycles. The summed E-state index contributed by atoms with van der Waals surface area (Å²) in [4.78, 5) is 37.3. The first-order valence-corrected chi connectivity index (χ1v) is 7.81. The van der Waals surface area contributed by atoms with Gasteiger partial charge in [-0.15, -0.1) is 0 Å². The van der Waals surface area contributed by atoms with Crippen LogP contribution in [0, 0.1) is 17.0 Å². The van der Waals surface area contributed by atoms with Crippen molar-refractivity contribution in [3.05, 3.63) is 62.3 Å². The van der Waals surface area contributed by atoms with Gasteiger partial charge in [0.1, 0.15) is 0 Å². The standard InChI is InChI=1S/C16H11ClF3N3O5/c1-8-4-9(2-3-12(8)23(26)27)15(25)28-7-13(24)22-14-11(17)5-10(6-21-14)16(18,19)20/h2-6H,7H2,1H3,(H,21,22,24). The Morgan fingerprint density at radius 2 is 2.00 bits per heavy atom. The van der Waals surface area contributed by atoms with E-state index in [9.17, 15) is 32.9 Å². The lowest BCUT2D eigenvalue weighted by atomic mass is 10.1. The molecule has 0 unspecified atom stereocenters. The van der Waals surface area contributed by atoms with E-state index in [1.165, 1.54) is 19.1 Å². The molecule has 1 aromatic heterocycles. The maximum absolute atomic E-state index is 12.5. The molecule has 0 saturated carbocycles. The van der Waals surface area contributed by atoms with Crippen LogP contribution in [0.4, 0.5) is 24.7 Å². The minimum absolute atomic E-state index is 0.0124. The lowest BCUT2D eigenvalue weighted by molar-refractivity contribution is -0.385. The number of aromatic nitrogens is 1. The Balaban J connectivity index is 1.98. The molecule has 1 aromatic carbocycles. The summed E-state index contributed by atoms with van der Waals surface area (Å²) in [5.41, 5.74) is -1.06. The number of carbonyl (C=O) groups is 2. The van der Waals surface area contributed by atoms with E-state index >= 15 is 0 Å². The van der Waals surface area contributed by atoms with Gasteiger partial charge in [-0.25, -0.2) is 9.78 Å². The quantitative estimate of drug-likeness (QED) is 0.450. The summed E-state index contributed by atoms with van der Waals surface area (Å²) in [5.74, 6) is -2.14. The number of ether oxygens (including phenoxy) is 1. The van der Waals surface area contributed by atoms with Crippen LogP contribution in [0.5, 0.6) is 0 Å². The van der Waals surface area contributed by atoms with Gasteiger partial charge in [-0.1, -0.05) is 11.6 Å². The van der Waals surface area contributed by atoms with Crippen molar-refractivity contribution in [2.45, 2.75) is 13.1 Å². The molecule has 0 aliphatic rings. The largest absolute Gasteiger partial charge is 0.452 e. The van der Waals surface area contributed by atoms with Gasteiger partial charge in [0.15, 0.2) is 12.4 Å². The minimum Gasteiger partial charge on any atom is -0.452 e. The number of nitro groups is 1. The number of amides is 1. The zero-order chi connectivity index (χ0) is 21.1. The number of benzene rings is 1. The molecule has 148 valence electrons. The number of rotatable bonds is 5. The molecule has 8 nitrogen and oxygen atoms in total. The van der Waals surface area contributed by atoms with Crippen molar-refractivity contribution in [3.8, 4) is 0 Å². The highest BCUT2D eigenvalue weighted by molar-refractivity contribution is 6.33. The van der Waals surface area contributed by atoms with Crippen LogP contribution >= 0.6 is 11.6 Å². The molecule has 1 N–H and O–H groups in total. The maximum atomic E-state index is 12.5. The second-order valence-electron chi connectivity index (χ2n) is 5.43. The molecule has 0 aliphatic heterocycles. The molecular formula is C16H11ClF3N3O5. The Hall–Kier alpha value is -3.21. The summed E-state index contributed by atoms with van der Waals surface area (Å²) in [6, 6.07) is 4.11. The lowest BCUT2D eigenvalue weighted by Gasteiger charge is -2.10. The van der Waals surface area contributed by atoms with E-state index in [0.29, 0.717) is 12.3 Å². The van der Waals surface area contributed by atoms with Crippen LogP contribution in [0.1, 0.15) is 21.5 Å². The predicted octanol–water partition coefficient (Wildman–Crippen LogP) is 3.77. The third kappa shape index (κ3) is 5.16. The molecule has 0 fully saturated rings. The molecule has 0 bridgehead atoms. The monoisotopic (exact) mass is 417 g/mol. The number of alkyl halides is 3. The highest BCUT2D eigenvalue weighted by Crippen LogP contribution is 2.32. The Labute approximate surface area is 160 Å². The van der Waals surface area contributed by atoms with Crippen LogP contribution in [0.3, 0.4) is 0 Å². The Kier molecular flexibility index (Phi) is 6.19. The first kappa shape index (κ1) is 21.1. The number of halogens is 4. The number of hydrogen-bond acceptors (Lipinski definition) is 6. The molecule has 0 atom stereocenters. The number of esters is 1. The van der Waals surface area contributed by atoms with Crippen molar-refractivity contribution in [2.24, 2.45) is 0 Å². The summed E-state index contributed by atoms with van der Waals surface area (Å²) in [6.07, 6.45) is -4.15. The number of carbonyl (C=O) groups excluding carboxylic acids is 2. The van der Waals surface area contributed by atoms with Crippen molar-refractivity contribution in [2.75, 3.05) is 11.9 Å². The van der Waals surface area contributed by atoms with Crippen molar-refractivity contribution in [1.82, 2.24) is 4.98 Å². The van der Waals surface area contributed by atoms with Crippen LogP contribution in [-0.4, -0.2) is 28.4 Å². The van der Waals surface area contributed by atoms with Gasteiger partial charge >= 0.3 is 12.1 Å². The number of nitrogens with one attached hydrogen (secondary N) is 1. The zero-order valence-electron chi connectivity index (χ0n) is 14.0. The zero-order valence-corrected chi connectivity index (χ0v) is 14.8. The molecular weight excluding hydrogens is 407 g/mol. The molecule has 0 spiro atoms. The fourth-order valence-corrected chi connectivity index (χ4v) is 2.27. The maximum Gasteiger partial charge on any atom is 0.417 e. The smallest absolute Gasteiger partial charge is 0.417 e. The molecule has 0 saturated heterocycles. The number of aryl methyl sites for hydroxylation is 1. The highest BCUT2D eigenvalue weighted by atomic mass is 35.5. The molecule has 0 radical (unpaired) electrons.